The number of nitrogens with zero attached hydrogens (tertiary/aromatic N) is 2. The van der Waals surface area contributed by atoms with Crippen molar-refractivity contribution in [3.63, 3.8) is 0 Å². The molecule has 0 saturated carbocycles. The quantitative estimate of drug-likeness (QED) is 0.468. The van der Waals surface area contributed by atoms with Gasteiger partial charge in [0.05, 0.1) is 23.0 Å². The van der Waals surface area contributed by atoms with E-state index >= 15 is 0 Å². The average Bonchev–Trinajstić information content (AvgIpc) is 3.02. The minimum absolute atomic E-state index is 0.0381. The highest BCUT2D eigenvalue weighted by atomic mass is 32.1. The molecule has 0 amide bonds. The van der Waals surface area contributed by atoms with E-state index in [9.17, 15) is 4.79 Å². The summed E-state index contributed by atoms with van der Waals surface area (Å²) in [6.07, 6.45) is 1.87. The van der Waals surface area contributed by atoms with E-state index in [1.165, 1.54) is 11.5 Å². The summed E-state index contributed by atoms with van der Waals surface area (Å²) in [6.45, 7) is 6.12. The van der Waals surface area contributed by atoms with Gasteiger partial charge >= 0.3 is 0 Å². The molecule has 0 radical (unpaired) electrons. The van der Waals surface area contributed by atoms with E-state index in [4.69, 9.17) is 4.74 Å². The Kier molecular flexibility index (Phi) is 3.84. The van der Waals surface area contributed by atoms with Crippen molar-refractivity contribution in [1.82, 2.24) is 8.94 Å². The number of hydrogen-bond donors (Lipinski definition) is 0. The average molecular weight is 364 g/mol. The number of hydrogen-bond acceptors (Lipinski definition) is 4. The molecule has 0 aliphatic rings. The summed E-state index contributed by atoms with van der Waals surface area (Å²) >= 11 is 1.50. The van der Waals surface area contributed by atoms with Crippen LogP contribution in [0.15, 0.2) is 53.5 Å². The SMILES string of the molecule is COc1ccc2c(cnc3cc(-c4cc(=O)n(C(C)(C)C)s4)ccc32)c1. The van der Waals surface area contributed by atoms with E-state index in [0.717, 1.165) is 37.9 Å². The van der Waals surface area contributed by atoms with E-state index in [0.29, 0.717) is 0 Å². The van der Waals surface area contributed by atoms with Gasteiger partial charge in [0.25, 0.3) is 5.56 Å². The van der Waals surface area contributed by atoms with Gasteiger partial charge in [-0.3, -0.25) is 13.7 Å². The number of rotatable bonds is 2. The second-order valence-corrected chi connectivity index (χ2v) is 8.33. The molecule has 0 bridgehead atoms. The van der Waals surface area contributed by atoms with Crippen molar-refractivity contribution in [2.45, 2.75) is 26.3 Å². The molecule has 0 N–H and O–H groups in total. The first kappa shape index (κ1) is 16.8. The van der Waals surface area contributed by atoms with Crippen LogP contribution in [0.25, 0.3) is 32.1 Å². The van der Waals surface area contributed by atoms with Gasteiger partial charge in [-0.1, -0.05) is 23.7 Å². The fourth-order valence-electron chi connectivity index (χ4n) is 3.12. The molecule has 4 nitrogen and oxygen atoms in total. The molecule has 0 unspecified atom stereocenters. The smallest absolute Gasteiger partial charge is 0.261 e. The first-order valence-corrected chi connectivity index (χ1v) is 9.25. The van der Waals surface area contributed by atoms with Gasteiger partial charge in [-0.05, 0) is 56.0 Å². The van der Waals surface area contributed by atoms with Crippen LogP contribution >= 0.6 is 11.5 Å². The van der Waals surface area contributed by atoms with Gasteiger partial charge < -0.3 is 4.74 Å². The maximum atomic E-state index is 12.3. The Balaban J connectivity index is 1.86. The highest BCUT2D eigenvalue weighted by molar-refractivity contribution is 7.10. The van der Waals surface area contributed by atoms with Crippen molar-refractivity contribution in [2.24, 2.45) is 0 Å². The van der Waals surface area contributed by atoms with E-state index in [1.807, 2.05) is 43.1 Å². The zero-order valence-electron chi connectivity index (χ0n) is 15.2. The van der Waals surface area contributed by atoms with Crippen LogP contribution in [-0.2, 0) is 5.54 Å². The first-order valence-electron chi connectivity index (χ1n) is 8.47. The van der Waals surface area contributed by atoms with Crippen molar-refractivity contribution < 1.29 is 4.74 Å². The maximum Gasteiger partial charge on any atom is 0.261 e. The molecular formula is C21H20N2O2S. The molecule has 0 atom stereocenters. The van der Waals surface area contributed by atoms with Crippen LogP contribution in [0.1, 0.15) is 20.8 Å². The molecule has 0 saturated heterocycles. The number of fused-ring (bicyclic) bond motifs is 3. The number of aromatic nitrogens is 2. The van der Waals surface area contributed by atoms with Crippen molar-refractivity contribution in [1.29, 1.82) is 0 Å². The Morgan fingerprint density at radius 3 is 2.50 bits per heavy atom. The molecule has 0 spiro atoms. The Hall–Kier alpha value is -2.66. The fraction of sp³-hybridized carbons (Fsp3) is 0.238. The molecule has 4 aromatic rings. The lowest BCUT2D eigenvalue weighted by atomic mass is 10.0. The van der Waals surface area contributed by atoms with Gasteiger partial charge in [0.1, 0.15) is 5.75 Å². The minimum Gasteiger partial charge on any atom is -0.497 e. The second-order valence-electron chi connectivity index (χ2n) is 7.35. The van der Waals surface area contributed by atoms with Crippen LogP contribution in [0, 0.1) is 0 Å². The van der Waals surface area contributed by atoms with Gasteiger partial charge in [0, 0.05) is 23.0 Å². The molecule has 0 aliphatic carbocycles. The van der Waals surface area contributed by atoms with Crippen LogP contribution < -0.4 is 10.3 Å². The fourth-order valence-corrected chi connectivity index (χ4v) is 4.12. The Morgan fingerprint density at radius 1 is 1.04 bits per heavy atom. The molecule has 0 fully saturated rings. The Labute approximate surface area is 155 Å². The Bertz CT molecular complexity index is 1180. The van der Waals surface area contributed by atoms with E-state index in [1.54, 1.807) is 13.2 Å². The highest BCUT2D eigenvalue weighted by Gasteiger charge is 2.18. The van der Waals surface area contributed by atoms with Crippen LogP contribution in [-0.4, -0.2) is 16.1 Å². The normalized spacial score (nSPS) is 12.0. The monoisotopic (exact) mass is 364 g/mol. The van der Waals surface area contributed by atoms with Gasteiger partial charge in [-0.25, -0.2) is 0 Å². The zero-order valence-corrected chi connectivity index (χ0v) is 16.1. The third-order valence-corrected chi connectivity index (χ3v) is 5.89. The molecule has 2 aromatic carbocycles. The third-order valence-electron chi connectivity index (χ3n) is 4.43. The summed E-state index contributed by atoms with van der Waals surface area (Å²) < 4.78 is 7.11. The number of methoxy groups -OCH3 is 1. The summed E-state index contributed by atoms with van der Waals surface area (Å²) in [7, 11) is 1.66. The highest BCUT2D eigenvalue weighted by Crippen LogP contribution is 2.32. The van der Waals surface area contributed by atoms with Gasteiger partial charge in [-0.15, -0.1) is 0 Å². The van der Waals surface area contributed by atoms with E-state index in [-0.39, 0.29) is 11.1 Å². The van der Waals surface area contributed by atoms with Gasteiger partial charge in [0.15, 0.2) is 0 Å². The molecule has 26 heavy (non-hydrogen) atoms. The van der Waals surface area contributed by atoms with Crippen LogP contribution in [0.4, 0.5) is 0 Å². The molecule has 4 rings (SSSR count). The van der Waals surface area contributed by atoms with Gasteiger partial charge in [0.2, 0.25) is 0 Å². The lowest BCUT2D eigenvalue weighted by Gasteiger charge is -2.18. The van der Waals surface area contributed by atoms with E-state index in [2.05, 4.69) is 29.2 Å². The molecule has 5 heteroatoms. The summed E-state index contributed by atoms with van der Waals surface area (Å²) in [5.41, 5.74) is 1.76. The topological polar surface area (TPSA) is 44.1 Å². The predicted molar refractivity (Wildman–Crippen MR) is 108 cm³/mol. The molecule has 132 valence electrons. The molecular weight excluding hydrogens is 344 g/mol. The van der Waals surface area contributed by atoms with Crippen LogP contribution in [0.2, 0.25) is 0 Å². The lowest BCUT2D eigenvalue weighted by molar-refractivity contribution is 0.415. The van der Waals surface area contributed by atoms with Crippen molar-refractivity contribution in [3.8, 4) is 16.2 Å². The minimum atomic E-state index is -0.218. The van der Waals surface area contributed by atoms with Gasteiger partial charge in [-0.2, -0.15) is 0 Å². The van der Waals surface area contributed by atoms with E-state index < -0.39 is 0 Å². The van der Waals surface area contributed by atoms with Crippen LogP contribution in [0.3, 0.4) is 0 Å². The number of pyridine rings is 1. The zero-order chi connectivity index (χ0) is 18.5. The first-order chi connectivity index (χ1) is 12.4. The van der Waals surface area contributed by atoms with Crippen LogP contribution in [0.5, 0.6) is 5.75 Å². The standard InChI is InChI=1S/C21H20N2O2S/c1-21(2,3)23-20(24)11-19(26-23)13-5-7-17-16-8-6-15(25-4)9-14(16)12-22-18(17)10-13/h5-12H,1-4H3. The van der Waals surface area contributed by atoms with Crippen molar-refractivity contribution in [2.75, 3.05) is 7.11 Å². The maximum absolute atomic E-state index is 12.3. The molecule has 2 heterocycles. The summed E-state index contributed by atoms with van der Waals surface area (Å²) in [4.78, 5) is 17.9. The molecule has 2 aromatic heterocycles. The lowest BCUT2D eigenvalue weighted by Crippen LogP contribution is -2.28. The Morgan fingerprint density at radius 2 is 1.81 bits per heavy atom. The molecule has 0 aliphatic heterocycles. The summed E-state index contributed by atoms with van der Waals surface area (Å²) in [5, 5.41) is 3.28. The second kappa shape index (κ2) is 5.95. The number of benzene rings is 2. The predicted octanol–water partition coefficient (Wildman–Crippen LogP) is 5.04. The van der Waals surface area contributed by atoms with Crippen molar-refractivity contribution >= 4 is 33.2 Å². The summed E-state index contributed by atoms with van der Waals surface area (Å²) in [5.74, 6) is 0.823. The largest absolute Gasteiger partial charge is 0.497 e. The van der Waals surface area contributed by atoms with Crippen molar-refractivity contribution in [3.05, 3.63) is 59.0 Å². The summed E-state index contributed by atoms with van der Waals surface area (Å²) in [6, 6.07) is 13.9. The number of ether oxygens (including phenoxy) is 1. The third kappa shape index (κ3) is 2.78.